The summed E-state index contributed by atoms with van der Waals surface area (Å²) < 4.78 is 26.4. The largest absolute Gasteiger partial charge is 0.528 e. The van der Waals surface area contributed by atoms with Crippen LogP contribution in [0, 0.1) is 5.82 Å². The smallest absolute Gasteiger partial charge is 0.484 e. The molecular weight excluding hydrogens is 435 g/mol. The van der Waals surface area contributed by atoms with Crippen molar-refractivity contribution in [3.05, 3.63) is 42.2 Å². The first kappa shape index (κ1) is 22.6. The Bertz CT molecular complexity index is 1070. The molecule has 0 saturated carbocycles. The molecule has 1 aliphatic heterocycles. The highest BCUT2D eigenvalue weighted by atomic mass is 19.1. The van der Waals surface area contributed by atoms with Gasteiger partial charge in [0.05, 0.1) is 17.9 Å². The van der Waals surface area contributed by atoms with Gasteiger partial charge in [0, 0.05) is 19.2 Å². The molecule has 4 rings (SSSR count). The Hall–Kier alpha value is -3.61. The molecule has 1 aliphatic rings. The third-order valence-electron chi connectivity index (χ3n) is 4.80. The van der Waals surface area contributed by atoms with E-state index >= 15 is 0 Å². The van der Waals surface area contributed by atoms with Crippen LogP contribution in [0.5, 0.6) is 5.75 Å². The molecule has 2 aromatic heterocycles. The summed E-state index contributed by atoms with van der Waals surface area (Å²) in [7, 11) is 0. The molecule has 13 heteroatoms. The number of aromatic nitrogens is 7. The van der Waals surface area contributed by atoms with Crippen molar-refractivity contribution in [2.24, 2.45) is 0 Å². The third kappa shape index (κ3) is 6.00. The van der Waals surface area contributed by atoms with Crippen molar-refractivity contribution < 1.29 is 23.5 Å². The SMILES string of the molecule is CC(C)(C)OC(=O)ON1CCC(n2ncc(COc3ccc(-n4cnnn4)cc3F)n2)CC1. The van der Waals surface area contributed by atoms with Gasteiger partial charge in [-0.15, -0.1) is 10.2 Å². The summed E-state index contributed by atoms with van der Waals surface area (Å²) in [6.07, 6.45) is 3.66. The van der Waals surface area contributed by atoms with Crippen molar-refractivity contribution in [3.8, 4) is 11.4 Å². The van der Waals surface area contributed by atoms with Gasteiger partial charge in [-0.3, -0.25) is 0 Å². The van der Waals surface area contributed by atoms with Crippen molar-refractivity contribution in [2.45, 2.75) is 51.9 Å². The maximum Gasteiger partial charge on any atom is 0.528 e. The molecule has 1 fully saturated rings. The van der Waals surface area contributed by atoms with Gasteiger partial charge in [0.25, 0.3) is 0 Å². The molecule has 0 bridgehead atoms. The summed E-state index contributed by atoms with van der Waals surface area (Å²) in [6.45, 7) is 6.50. The predicted molar refractivity (Wildman–Crippen MR) is 111 cm³/mol. The lowest BCUT2D eigenvalue weighted by molar-refractivity contribution is -0.155. The summed E-state index contributed by atoms with van der Waals surface area (Å²) >= 11 is 0. The minimum absolute atomic E-state index is 0.0598. The first-order valence-corrected chi connectivity index (χ1v) is 10.5. The molecule has 1 saturated heterocycles. The number of hydrogen-bond acceptors (Lipinski definition) is 10. The van der Waals surface area contributed by atoms with E-state index in [1.165, 1.54) is 23.1 Å². The zero-order valence-electron chi connectivity index (χ0n) is 18.6. The number of halogens is 1. The maximum atomic E-state index is 14.4. The number of rotatable bonds is 6. The van der Waals surface area contributed by atoms with Crippen LogP contribution in [0.2, 0.25) is 0 Å². The number of carbonyl (C=O) groups excluding carboxylic acids is 1. The normalized spacial score (nSPS) is 15.4. The zero-order valence-corrected chi connectivity index (χ0v) is 18.6. The van der Waals surface area contributed by atoms with E-state index in [-0.39, 0.29) is 18.4 Å². The highest BCUT2D eigenvalue weighted by Gasteiger charge is 2.26. The molecule has 33 heavy (non-hydrogen) atoms. The number of ether oxygens (including phenoxy) is 2. The third-order valence-corrected chi connectivity index (χ3v) is 4.80. The van der Waals surface area contributed by atoms with E-state index in [4.69, 9.17) is 14.3 Å². The first-order valence-electron chi connectivity index (χ1n) is 10.5. The van der Waals surface area contributed by atoms with Crippen molar-refractivity contribution >= 4 is 6.16 Å². The highest BCUT2D eigenvalue weighted by Crippen LogP contribution is 2.23. The van der Waals surface area contributed by atoms with Gasteiger partial charge in [-0.25, -0.2) is 13.9 Å². The van der Waals surface area contributed by atoms with Crippen molar-refractivity contribution in [2.75, 3.05) is 13.1 Å². The lowest BCUT2D eigenvalue weighted by Gasteiger charge is -2.30. The Morgan fingerprint density at radius 3 is 2.70 bits per heavy atom. The molecule has 1 aromatic carbocycles. The Labute approximate surface area is 189 Å². The molecule has 0 radical (unpaired) electrons. The van der Waals surface area contributed by atoms with Gasteiger partial charge < -0.3 is 14.3 Å². The second-order valence-corrected chi connectivity index (χ2v) is 8.53. The second-order valence-electron chi connectivity index (χ2n) is 8.53. The van der Waals surface area contributed by atoms with Crippen LogP contribution < -0.4 is 4.74 Å². The first-order chi connectivity index (χ1) is 15.8. The monoisotopic (exact) mass is 460 g/mol. The van der Waals surface area contributed by atoms with E-state index in [1.54, 1.807) is 42.9 Å². The molecule has 0 amide bonds. The fourth-order valence-corrected chi connectivity index (χ4v) is 3.27. The Kier molecular flexibility index (Phi) is 6.49. The van der Waals surface area contributed by atoms with Crippen molar-refractivity contribution in [1.29, 1.82) is 0 Å². The molecule has 0 N–H and O–H groups in total. The van der Waals surface area contributed by atoms with Crippen LogP contribution in [0.3, 0.4) is 0 Å². The average molecular weight is 460 g/mol. The molecule has 3 aromatic rings. The van der Waals surface area contributed by atoms with E-state index in [2.05, 4.69) is 25.7 Å². The van der Waals surface area contributed by atoms with E-state index in [1.807, 2.05) is 0 Å². The summed E-state index contributed by atoms with van der Waals surface area (Å²) in [4.78, 5) is 18.7. The van der Waals surface area contributed by atoms with Crippen LogP contribution in [0.25, 0.3) is 5.69 Å². The van der Waals surface area contributed by atoms with Crippen LogP contribution in [0.4, 0.5) is 9.18 Å². The van der Waals surface area contributed by atoms with Gasteiger partial charge in [0.1, 0.15) is 24.2 Å². The number of hydrogen-bond donors (Lipinski definition) is 0. The van der Waals surface area contributed by atoms with Gasteiger partial charge in [-0.05, 0) is 56.2 Å². The van der Waals surface area contributed by atoms with Crippen LogP contribution >= 0.6 is 0 Å². The van der Waals surface area contributed by atoms with Crippen LogP contribution in [0.1, 0.15) is 45.3 Å². The van der Waals surface area contributed by atoms with E-state index in [0.29, 0.717) is 37.3 Å². The van der Waals surface area contributed by atoms with Gasteiger partial charge in [0.2, 0.25) is 0 Å². The molecule has 12 nitrogen and oxygen atoms in total. The van der Waals surface area contributed by atoms with Gasteiger partial charge in [-0.2, -0.15) is 15.0 Å². The average Bonchev–Trinajstić information content (AvgIpc) is 3.44. The predicted octanol–water partition coefficient (Wildman–Crippen LogP) is 2.48. The lowest BCUT2D eigenvalue weighted by atomic mass is 10.1. The molecule has 0 unspecified atom stereocenters. The summed E-state index contributed by atoms with van der Waals surface area (Å²) in [6, 6.07) is 4.51. The molecule has 0 aliphatic carbocycles. The Morgan fingerprint density at radius 2 is 2.03 bits per heavy atom. The number of nitrogens with zero attached hydrogens (tertiary/aromatic N) is 8. The zero-order chi connectivity index (χ0) is 23.4. The fourth-order valence-electron chi connectivity index (χ4n) is 3.27. The Morgan fingerprint density at radius 1 is 1.24 bits per heavy atom. The molecule has 0 spiro atoms. The van der Waals surface area contributed by atoms with Gasteiger partial charge >= 0.3 is 6.16 Å². The number of tetrazole rings is 1. The van der Waals surface area contributed by atoms with Crippen LogP contribution in [-0.2, 0) is 16.2 Å². The highest BCUT2D eigenvalue weighted by molar-refractivity contribution is 5.60. The van der Waals surface area contributed by atoms with Crippen molar-refractivity contribution in [1.82, 2.24) is 40.3 Å². The van der Waals surface area contributed by atoms with Gasteiger partial charge in [0.15, 0.2) is 11.6 Å². The van der Waals surface area contributed by atoms with E-state index in [9.17, 15) is 9.18 Å². The molecular formula is C20H25FN8O4. The maximum absolute atomic E-state index is 14.4. The number of carbonyl (C=O) groups is 1. The Balaban J connectivity index is 1.26. The minimum atomic E-state index is -0.712. The summed E-state index contributed by atoms with van der Waals surface area (Å²) in [5.41, 5.74) is 0.455. The second kappa shape index (κ2) is 9.48. The quantitative estimate of drug-likeness (QED) is 0.507. The van der Waals surface area contributed by atoms with Gasteiger partial charge in [-0.1, -0.05) is 0 Å². The summed E-state index contributed by atoms with van der Waals surface area (Å²) in [5, 5.41) is 21.1. The van der Waals surface area contributed by atoms with E-state index < -0.39 is 17.6 Å². The molecule has 0 atom stereocenters. The molecule has 176 valence electrons. The minimum Gasteiger partial charge on any atom is -0.484 e. The van der Waals surface area contributed by atoms with E-state index in [0.717, 1.165) is 0 Å². The number of piperidine rings is 1. The fraction of sp³-hybridized carbons (Fsp3) is 0.500. The van der Waals surface area contributed by atoms with Crippen LogP contribution in [0.15, 0.2) is 30.7 Å². The molecule has 3 heterocycles. The van der Waals surface area contributed by atoms with Crippen LogP contribution in [-0.4, -0.2) is 65.1 Å². The lowest BCUT2D eigenvalue weighted by Crippen LogP contribution is -2.38. The topological polar surface area (TPSA) is 122 Å². The summed E-state index contributed by atoms with van der Waals surface area (Å²) in [5.74, 6) is -0.443. The number of benzene rings is 1. The number of hydroxylamine groups is 2. The van der Waals surface area contributed by atoms with Crippen molar-refractivity contribution in [3.63, 3.8) is 0 Å². The standard InChI is InChI=1S/C20H25FN8O4/c1-20(2,3)32-19(30)33-27-8-6-15(7-9-27)29-23-11-14(24-29)12-31-18-5-4-16(10-17(18)21)28-13-22-25-26-28/h4-5,10-11,13,15H,6-9,12H2,1-3H3.